The van der Waals surface area contributed by atoms with E-state index in [4.69, 9.17) is 4.74 Å². The van der Waals surface area contributed by atoms with E-state index in [-0.39, 0.29) is 29.8 Å². The average molecular weight is 406 g/mol. The van der Waals surface area contributed by atoms with Crippen molar-refractivity contribution in [3.8, 4) is 5.75 Å². The highest BCUT2D eigenvalue weighted by Gasteiger charge is 2.09. The van der Waals surface area contributed by atoms with Gasteiger partial charge in [0.2, 0.25) is 5.91 Å². The largest absolute Gasteiger partial charge is 0.427 e. The first-order valence-corrected chi connectivity index (χ1v) is 9.13. The molecule has 3 rings (SSSR count). The summed E-state index contributed by atoms with van der Waals surface area (Å²) in [6, 6.07) is 18.6. The third-order valence-electron chi connectivity index (χ3n) is 4.06. The molecular weight excluding hydrogens is 387 g/mol. The van der Waals surface area contributed by atoms with Gasteiger partial charge in [-0.2, -0.15) is 0 Å². The van der Waals surface area contributed by atoms with Gasteiger partial charge in [0.05, 0.1) is 6.42 Å². The fourth-order valence-corrected chi connectivity index (χ4v) is 2.70. The van der Waals surface area contributed by atoms with Crippen LogP contribution in [0, 0.1) is 5.82 Å². The van der Waals surface area contributed by atoms with E-state index < -0.39 is 5.97 Å². The number of hydrogen-bond donors (Lipinski definition) is 2. The van der Waals surface area contributed by atoms with Gasteiger partial charge in [0.25, 0.3) is 5.91 Å². The van der Waals surface area contributed by atoms with Gasteiger partial charge >= 0.3 is 5.97 Å². The molecule has 6 nitrogen and oxygen atoms in total. The molecule has 0 aliphatic heterocycles. The van der Waals surface area contributed by atoms with Gasteiger partial charge in [-0.3, -0.25) is 14.4 Å². The Balaban J connectivity index is 1.57. The number of esters is 1. The van der Waals surface area contributed by atoms with Crippen molar-refractivity contribution in [1.82, 2.24) is 0 Å². The number of carbonyl (C=O) groups is 3. The highest BCUT2D eigenvalue weighted by molar-refractivity contribution is 6.04. The van der Waals surface area contributed by atoms with Crippen molar-refractivity contribution in [1.29, 1.82) is 0 Å². The number of ether oxygens (including phenoxy) is 1. The maximum atomic E-state index is 12.9. The summed E-state index contributed by atoms with van der Waals surface area (Å²) < 4.78 is 17.9. The lowest BCUT2D eigenvalue weighted by Crippen LogP contribution is -2.15. The molecule has 0 aliphatic rings. The van der Waals surface area contributed by atoms with E-state index in [9.17, 15) is 18.8 Å². The zero-order valence-corrected chi connectivity index (χ0v) is 16.1. The summed E-state index contributed by atoms with van der Waals surface area (Å²) in [5.74, 6) is -1.13. The molecule has 2 amide bonds. The molecule has 0 aromatic heterocycles. The Morgan fingerprint density at radius 3 is 2.13 bits per heavy atom. The number of anilines is 2. The van der Waals surface area contributed by atoms with E-state index in [1.165, 1.54) is 25.1 Å². The molecule has 2 N–H and O–H groups in total. The summed E-state index contributed by atoms with van der Waals surface area (Å²) in [7, 11) is 0. The van der Waals surface area contributed by atoms with Crippen molar-refractivity contribution in [2.24, 2.45) is 0 Å². The molecule has 0 spiro atoms. The first-order valence-electron chi connectivity index (χ1n) is 9.13. The number of carbonyl (C=O) groups excluding carboxylic acids is 3. The van der Waals surface area contributed by atoms with Crippen LogP contribution in [0.25, 0.3) is 0 Å². The van der Waals surface area contributed by atoms with Crippen LogP contribution in [0.2, 0.25) is 0 Å². The molecule has 0 heterocycles. The summed E-state index contributed by atoms with van der Waals surface area (Å²) in [5, 5.41) is 5.49. The van der Waals surface area contributed by atoms with Crippen LogP contribution in [0.5, 0.6) is 5.75 Å². The van der Waals surface area contributed by atoms with Crippen molar-refractivity contribution < 1.29 is 23.5 Å². The van der Waals surface area contributed by atoms with Crippen LogP contribution >= 0.6 is 0 Å². The van der Waals surface area contributed by atoms with Crippen LogP contribution in [-0.4, -0.2) is 17.8 Å². The first kappa shape index (κ1) is 20.7. The Kier molecular flexibility index (Phi) is 6.54. The van der Waals surface area contributed by atoms with Gasteiger partial charge in [0, 0.05) is 23.9 Å². The number of benzene rings is 3. The quantitative estimate of drug-likeness (QED) is 0.475. The molecule has 30 heavy (non-hydrogen) atoms. The van der Waals surface area contributed by atoms with Crippen LogP contribution in [0.15, 0.2) is 72.8 Å². The second-order valence-electron chi connectivity index (χ2n) is 6.50. The molecule has 0 fully saturated rings. The third kappa shape index (κ3) is 6.00. The number of rotatable bonds is 6. The van der Waals surface area contributed by atoms with Gasteiger partial charge in [-0.15, -0.1) is 0 Å². The predicted molar refractivity (Wildman–Crippen MR) is 111 cm³/mol. The molecule has 0 atom stereocenters. The van der Waals surface area contributed by atoms with E-state index >= 15 is 0 Å². The molecule has 0 saturated carbocycles. The fraction of sp³-hybridized carbons (Fsp3) is 0.0870. The van der Waals surface area contributed by atoms with Crippen LogP contribution in [0.3, 0.4) is 0 Å². The SMILES string of the molecule is CC(=O)Oc1cccc(C(=O)Nc2ccc(NC(=O)Cc3ccc(F)cc3)cc2)c1. The zero-order chi connectivity index (χ0) is 21.5. The lowest BCUT2D eigenvalue weighted by Gasteiger charge is -2.09. The summed E-state index contributed by atoms with van der Waals surface area (Å²) in [6.45, 7) is 1.28. The van der Waals surface area contributed by atoms with E-state index in [0.717, 1.165) is 0 Å². The van der Waals surface area contributed by atoms with Crippen molar-refractivity contribution in [3.05, 3.63) is 89.7 Å². The molecule has 152 valence electrons. The molecule has 0 bridgehead atoms. The minimum absolute atomic E-state index is 0.122. The normalized spacial score (nSPS) is 10.2. The van der Waals surface area contributed by atoms with Crippen molar-refractivity contribution >= 4 is 29.2 Å². The number of nitrogens with one attached hydrogen (secondary N) is 2. The second kappa shape index (κ2) is 9.47. The summed E-state index contributed by atoms with van der Waals surface area (Å²) in [5.41, 5.74) is 2.14. The monoisotopic (exact) mass is 406 g/mol. The minimum atomic E-state index is -0.468. The Morgan fingerprint density at radius 2 is 1.50 bits per heavy atom. The summed E-state index contributed by atoms with van der Waals surface area (Å²) in [4.78, 5) is 35.5. The van der Waals surface area contributed by atoms with Crippen LogP contribution < -0.4 is 15.4 Å². The third-order valence-corrected chi connectivity index (χ3v) is 4.06. The Morgan fingerprint density at radius 1 is 0.867 bits per heavy atom. The highest BCUT2D eigenvalue weighted by atomic mass is 19.1. The molecule has 3 aromatic rings. The molecule has 0 radical (unpaired) electrons. The maximum Gasteiger partial charge on any atom is 0.308 e. The topological polar surface area (TPSA) is 84.5 Å². The molecular formula is C23H19FN2O4. The Labute approximate surface area is 172 Å². The van der Waals surface area contributed by atoms with Gasteiger partial charge in [-0.05, 0) is 60.2 Å². The molecule has 0 unspecified atom stereocenters. The van der Waals surface area contributed by atoms with Crippen LogP contribution in [0.4, 0.5) is 15.8 Å². The van der Waals surface area contributed by atoms with Crippen LogP contribution in [0.1, 0.15) is 22.8 Å². The van der Waals surface area contributed by atoms with Crippen molar-refractivity contribution in [2.75, 3.05) is 10.6 Å². The van der Waals surface area contributed by atoms with E-state index in [0.29, 0.717) is 22.5 Å². The molecule has 3 aromatic carbocycles. The van der Waals surface area contributed by atoms with Crippen molar-refractivity contribution in [3.63, 3.8) is 0 Å². The number of hydrogen-bond acceptors (Lipinski definition) is 4. The molecule has 7 heteroatoms. The van der Waals surface area contributed by atoms with Gasteiger partial charge in [-0.1, -0.05) is 18.2 Å². The smallest absolute Gasteiger partial charge is 0.308 e. The molecule has 0 saturated heterocycles. The molecule has 0 aliphatic carbocycles. The van der Waals surface area contributed by atoms with Crippen LogP contribution in [-0.2, 0) is 16.0 Å². The van der Waals surface area contributed by atoms with Gasteiger partial charge < -0.3 is 15.4 Å². The lowest BCUT2D eigenvalue weighted by atomic mass is 10.1. The highest BCUT2D eigenvalue weighted by Crippen LogP contribution is 2.18. The Bertz CT molecular complexity index is 1060. The maximum absolute atomic E-state index is 12.9. The number of halogens is 1. The van der Waals surface area contributed by atoms with Gasteiger partial charge in [-0.25, -0.2) is 4.39 Å². The van der Waals surface area contributed by atoms with E-state index in [1.54, 1.807) is 54.6 Å². The average Bonchev–Trinajstić information content (AvgIpc) is 2.71. The summed E-state index contributed by atoms with van der Waals surface area (Å²) in [6.07, 6.45) is 0.122. The second-order valence-corrected chi connectivity index (χ2v) is 6.50. The Hall–Kier alpha value is -4.00. The zero-order valence-electron chi connectivity index (χ0n) is 16.1. The van der Waals surface area contributed by atoms with E-state index in [1.807, 2.05) is 0 Å². The summed E-state index contributed by atoms with van der Waals surface area (Å²) >= 11 is 0. The minimum Gasteiger partial charge on any atom is -0.427 e. The first-order chi connectivity index (χ1) is 14.4. The number of amides is 2. The van der Waals surface area contributed by atoms with Gasteiger partial charge in [0.1, 0.15) is 11.6 Å². The van der Waals surface area contributed by atoms with E-state index in [2.05, 4.69) is 10.6 Å². The van der Waals surface area contributed by atoms with Gasteiger partial charge in [0.15, 0.2) is 0 Å². The lowest BCUT2D eigenvalue weighted by molar-refractivity contribution is -0.131. The standard InChI is InChI=1S/C23H19FN2O4/c1-15(27)30-21-4-2-3-17(14-21)23(29)26-20-11-9-19(10-12-20)25-22(28)13-16-5-7-18(24)8-6-16/h2-12,14H,13H2,1H3,(H,25,28)(H,26,29). The van der Waals surface area contributed by atoms with Crippen molar-refractivity contribution in [2.45, 2.75) is 13.3 Å². The fourth-order valence-electron chi connectivity index (χ4n) is 2.70. The predicted octanol–water partition coefficient (Wildman–Crippen LogP) is 4.18.